The van der Waals surface area contributed by atoms with Gasteiger partial charge in [0.2, 0.25) is 15.9 Å². The first-order valence-corrected chi connectivity index (χ1v) is 10.8. The highest BCUT2D eigenvalue weighted by atomic mass is 35.5. The van der Waals surface area contributed by atoms with Gasteiger partial charge in [-0.2, -0.15) is 4.31 Å². The molecular weight excluding hydrogens is 392 g/mol. The molecule has 2 rings (SSSR count). The predicted molar refractivity (Wildman–Crippen MR) is 109 cm³/mol. The van der Waals surface area contributed by atoms with Crippen LogP contribution >= 0.6 is 23.4 Å². The van der Waals surface area contributed by atoms with E-state index in [4.69, 9.17) is 11.6 Å². The largest absolute Gasteiger partial charge is 0.324 e. The number of para-hydroxylation sites is 1. The number of anilines is 1. The van der Waals surface area contributed by atoms with Crippen LogP contribution in [0.1, 0.15) is 5.56 Å². The van der Waals surface area contributed by atoms with Gasteiger partial charge in [-0.1, -0.05) is 35.9 Å². The van der Waals surface area contributed by atoms with Crippen molar-refractivity contribution in [2.45, 2.75) is 4.90 Å². The molecule has 8 heteroatoms. The Morgan fingerprint density at radius 3 is 2.50 bits per heavy atom. The SMILES string of the molecule is CSc1ccccc1NC(=O)CN(C)S(=O)(=O)/C=C/c1ccc(Cl)cc1. The molecular formula is C18H19ClN2O3S2. The van der Waals surface area contributed by atoms with Gasteiger partial charge in [0.1, 0.15) is 0 Å². The van der Waals surface area contributed by atoms with Gasteiger partial charge in [-0.25, -0.2) is 8.42 Å². The summed E-state index contributed by atoms with van der Waals surface area (Å²) in [6.07, 6.45) is 3.37. The third-order valence-electron chi connectivity index (χ3n) is 3.48. The maximum Gasteiger partial charge on any atom is 0.239 e. The summed E-state index contributed by atoms with van der Waals surface area (Å²) in [5.41, 5.74) is 1.36. The zero-order chi connectivity index (χ0) is 19.2. The lowest BCUT2D eigenvalue weighted by atomic mass is 10.2. The van der Waals surface area contributed by atoms with E-state index in [2.05, 4.69) is 5.32 Å². The summed E-state index contributed by atoms with van der Waals surface area (Å²) >= 11 is 7.30. The number of benzene rings is 2. The van der Waals surface area contributed by atoms with Gasteiger partial charge in [-0.05, 0) is 42.2 Å². The van der Waals surface area contributed by atoms with Crippen LogP contribution in [0.25, 0.3) is 6.08 Å². The standard InChI is InChI=1S/C18H19ClN2O3S2/c1-21(13-18(22)20-16-5-3-4-6-17(16)25-2)26(23,24)12-11-14-7-9-15(19)10-8-14/h3-12H,13H2,1-2H3,(H,20,22)/b12-11+. The van der Waals surface area contributed by atoms with E-state index in [9.17, 15) is 13.2 Å². The molecule has 2 aromatic rings. The number of thioether (sulfide) groups is 1. The molecule has 0 radical (unpaired) electrons. The Hall–Kier alpha value is -1.80. The van der Waals surface area contributed by atoms with E-state index >= 15 is 0 Å². The molecule has 138 valence electrons. The summed E-state index contributed by atoms with van der Waals surface area (Å²) in [6, 6.07) is 14.1. The van der Waals surface area contributed by atoms with E-state index in [1.165, 1.54) is 24.9 Å². The fraction of sp³-hybridized carbons (Fsp3) is 0.167. The van der Waals surface area contributed by atoms with Gasteiger partial charge in [0.05, 0.1) is 12.2 Å². The second kappa shape index (κ2) is 9.23. The van der Waals surface area contributed by atoms with Crippen molar-refractivity contribution in [3.05, 3.63) is 64.5 Å². The third kappa shape index (κ3) is 5.88. The Morgan fingerprint density at radius 1 is 1.19 bits per heavy atom. The molecule has 0 aromatic heterocycles. The topological polar surface area (TPSA) is 66.5 Å². The summed E-state index contributed by atoms with van der Waals surface area (Å²) in [4.78, 5) is 13.1. The maximum atomic E-state index is 12.3. The van der Waals surface area contributed by atoms with Gasteiger partial charge >= 0.3 is 0 Å². The van der Waals surface area contributed by atoms with E-state index < -0.39 is 15.9 Å². The number of sulfonamides is 1. The van der Waals surface area contributed by atoms with Crippen LogP contribution in [-0.4, -0.2) is 38.5 Å². The Labute approximate surface area is 163 Å². The predicted octanol–water partition coefficient (Wildman–Crippen LogP) is 3.93. The van der Waals surface area contributed by atoms with Crippen molar-refractivity contribution in [1.29, 1.82) is 0 Å². The van der Waals surface area contributed by atoms with Crippen LogP contribution in [0.2, 0.25) is 5.02 Å². The Balaban J connectivity index is 2.01. The molecule has 0 spiro atoms. The molecule has 0 aliphatic rings. The number of amides is 1. The average Bonchev–Trinajstić information content (AvgIpc) is 2.61. The van der Waals surface area contributed by atoms with Crippen molar-refractivity contribution in [3.8, 4) is 0 Å². The van der Waals surface area contributed by atoms with Crippen molar-refractivity contribution in [2.75, 3.05) is 25.2 Å². The molecule has 0 atom stereocenters. The van der Waals surface area contributed by atoms with E-state index in [1.807, 2.05) is 24.5 Å². The quantitative estimate of drug-likeness (QED) is 0.702. The van der Waals surface area contributed by atoms with Gasteiger partial charge < -0.3 is 5.32 Å². The second-order valence-electron chi connectivity index (χ2n) is 5.40. The minimum Gasteiger partial charge on any atom is -0.324 e. The fourth-order valence-corrected chi connectivity index (χ4v) is 3.59. The number of hydrogen-bond donors (Lipinski definition) is 1. The van der Waals surface area contributed by atoms with Crippen LogP contribution in [0, 0.1) is 0 Å². The van der Waals surface area contributed by atoms with Crippen molar-refractivity contribution >= 4 is 51.1 Å². The number of carbonyl (C=O) groups is 1. The van der Waals surface area contributed by atoms with Gasteiger partial charge in [0.15, 0.2) is 0 Å². The monoisotopic (exact) mass is 410 g/mol. The van der Waals surface area contributed by atoms with E-state index in [0.717, 1.165) is 14.6 Å². The van der Waals surface area contributed by atoms with Crippen molar-refractivity contribution in [1.82, 2.24) is 4.31 Å². The normalized spacial score (nSPS) is 11.8. The third-order valence-corrected chi connectivity index (χ3v) is 6.01. The number of nitrogens with one attached hydrogen (secondary N) is 1. The van der Waals surface area contributed by atoms with Crippen LogP contribution in [0.15, 0.2) is 58.8 Å². The first-order valence-electron chi connectivity index (χ1n) is 7.64. The number of nitrogens with zero attached hydrogens (tertiary/aromatic N) is 1. The van der Waals surface area contributed by atoms with Gasteiger partial charge in [-0.15, -0.1) is 11.8 Å². The molecule has 1 N–H and O–H groups in total. The van der Waals surface area contributed by atoms with Gasteiger partial charge in [-0.3, -0.25) is 4.79 Å². The summed E-state index contributed by atoms with van der Waals surface area (Å²) in [5, 5.41) is 4.38. The summed E-state index contributed by atoms with van der Waals surface area (Å²) in [7, 11) is -2.36. The Morgan fingerprint density at radius 2 is 1.85 bits per heavy atom. The lowest BCUT2D eigenvalue weighted by Crippen LogP contribution is -2.33. The summed E-state index contributed by atoms with van der Waals surface area (Å²) in [5.74, 6) is -0.405. The van der Waals surface area contributed by atoms with Crippen LogP contribution in [0.4, 0.5) is 5.69 Å². The van der Waals surface area contributed by atoms with Gasteiger partial charge in [0, 0.05) is 22.4 Å². The van der Waals surface area contributed by atoms with Crippen LogP contribution in [-0.2, 0) is 14.8 Å². The fourth-order valence-electron chi connectivity index (χ4n) is 2.07. The molecule has 0 saturated carbocycles. The second-order valence-corrected chi connectivity index (χ2v) is 8.61. The molecule has 26 heavy (non-hydrogen) atoms. The molecule has 2 aromatic carbocycles. The van der Waals surface area contributed by atoms with Crippen LogP contribution < -0.4 is 5.32 Å². The van der Waals surface area contributed by atoms with Crippen molar-refractivity contribution < 1.29 is 13.2 Å². The van der Waals surface area contributed by atoms with Gasteiger partial charge in [0.25, 0.3) is 0 Å². The summed E-state index contributed by atoms with van der Waals surface area (Å²) in [6.45, 7) is -0.282. The van der Waals surface area contributed by atoms with Crippen molar-refractivity contribution in [2.24, 2.45) is 0 Å². The molecule has 0 unspecified atom stereocenters. The van der Waals surface area contributed by atoms with Crippen molar-refractivity contribution in [3.63, 3.8) is 0 Å². The van der Waals surface area contributed by atoms with Crippen LogP contribution in [0.3, 0.4) is 0 Å². The summed E-state index contributed by atoms with van der Waals surface area (Å²) < 4.78 is 25.6. The smallest absolute Gasteiger partial charge is 0.239 e. The average molecular weight is 411 g/mol. The molecule has 5 nitrogen and oxygen atoms in total. The first kappa shape index (κ1) is 20.5. The first-order chi connectivity index (χ1) is 12.3. The number of halogens is 1. The maximum absolute atomic E-state index is 12.3. The number of carbonyl (C=O) groups excluding carboxylic acids is 1. The molecule has 0 saturated heterocycles. The number of hydrogen-bond acceptors (Lipinski definition) is 4. The van der Waals surface area contributed by atoms with E-state index in [0.29, 0.717) is 16.3 Å². The minimum atomic E-state index is -3.72. The highest BCUT2D eigenvalue weighted by molar-refractivity contribution is 7.98. The highest BCUT2D eigenvalue weighted by Gasteiger charge is 2.18. The van der Waals surface area contributed by atoms with E-state index in [1.54, 1.807) is 30.3 Å². The zero-order valence-electron chi connectivity index (χ0n) is 14.3. The Bertz CT molecular complexity index is 897. The molecule has 0 aliphatic carbocycles. The zero-order valence-corrected chi connectivity index (χ0v) is 16.7. The molecule has 0 fully saturated rings. The number of likely N-dealkylation sites (N-methyl/N-ethyl adjacent to an activating group) is 1. The van der Waals surface area contributed by atoms with E-state index in [-0.39, 0.29) is 6.54 Å². The number of rotatable bonds is 7. The molecule has 0 heterocycles. The molecule has 1 amide bonds. The lowest BCUT2D eigenvalue weighted by Gasteiger charge is -2.15. The van der Waals surface area contributed by atoms with Crippen LogP contribution in [0.5, 0.6) is 0 Å². The minimum absolute atomic E-state index is 0.282. The molecule has 0 bridgehead atoms. The lowest BCUT2D eigenvalue weighted by molar-refractivity contribution is -0.116. The Kier molecular flexibility index (Phi) is 7.28. The molecule has 0 aliphatic heterocycles. The highest BCUT2D eigenvalue weighted by Crippen LogP contribution is 2.24.